The highest BCUT2D eigenvalue weighted by Crippen LogP contribution is 2.31. The number of ether oxygens (including phenoxy) is 2. The normalized spacial score (nSPS) is 10.2. The molecule has 0 bridgehead atoms. The van der Waals surface area contributed by atoms with Crippen LogP contribution in [-0.4, -0.2) is 17.1 Å². The molecule has 3 aromatic rings. The Bertz CT molecular complexity index is 823. The Morgan fingerprint density at radius 3 is 2.29 bits per heavy atom. The van der Waals surface area contributed by atoms with E-state index in [1.54, 1.807) is 43.5 Å². The average molecular weight is 343 g/mol. The van der Waals surface area contributed by atoms with Gasteiger partial charge in [0.15, 0.2) is 5.82 Å². The molecule has 0 aliphatic carbocycles. The molecule has 6 nitrogen and oxygen atoms in total. The first-order valence-corrected chi connectivity index (χ1v) is 7.48. The minimum Gasteiger partial charge on any atom is -0.497 e. The molecule has 0 aliphatic heterocycles. The van der Waals surface area contributed by atoms with Crippen LogP contribution in [0.3, 0.4) is 0 Å². The Morgan fingerprint density at radius 1 is 0.958 bits per heavy atom. The summed E-state index contributed by atoms with van der Waals surface area (Å²) in [6.45, 7) is 0. The molecule has 3 N–H and O–H groups in total. The van der Waals surface area contributed by atoms with Gasteiger partial charge in [-0.05, 0) is 48.5 Å². The van der Waals surface area contributed by atoms with Crippen molar-refractivity contribution in [1.82, 2.24) is 9.97 Å². The largest absolute Gasteiger partial charge is 0.497 e. The molecule has 2 aromatic carbocycles. The molecule has 0 unspecified atom stereocenters. The van der Waals surface area contributed by atoms with Gasteiger partial charge in [-0.3, -0.25) is 0 Å². The highest BCUT2D eigenvalue weighted by Gasteiger charge is 2.11. The van der Waals surface area contributed by atoms with E-state index in [-0.39, 0.29) is 5.88 Å². The van der Waals surface area contributed by atoms with Crippen LogP contribution < -0.4 is 20.5 Å². The molecule has 0 saturated heterocycles. The number of methoxy groups -OCH3 is 1. The van der Waals surface area contributed by atoms with E-state index in [4.69, 9.17) is 26.8 Å². The molecule has 0 spiro atoms. The summed E-state index contributed by atoms with van der Waals surface area (Å²) in [7, 11) is 1.60. The third-order valence-electron chi connectivity index (χ3n) is 3.23. The monoisotopic (exact) mass is 342 g/mol. The smallest absolute Gasteiger partial charge is 0.248 e. The van der Waals surface area contributed by atoms with E-state index < -0.39 is 0 Å². The van der Waals surface area contributed by atoms with Crippen molar-refractivity contribution in [3.05, 3.63) is 59.9 Å². The van der Waals surface area contributed by atoms with Crippen molar-refractivity contribution in [3.63, 3.8) is 0 Å². The third kappa shape index (κ3) is 3.67. The number of nitrogens with two attached hydrogens (primary N) is 1. The van der Waals surface area contributed by atoms with Crippen LogP contribution >= 0.6 is 11.6 Å². The van der Waals surface area contributed by atoms with E-state index in [1.165, 1.54) is 6.33 Å². The molecule has 0 atom stereocenters. The Labute approximate surface area is 144 Å². The van der Waals surface area contributed by atoms with Crippen molar-refractivity contribution in [1.29, 1.82) is 0 Å². The number of nitrogens with one attached hydrogen (secondary N) is 1. The topological polar surface area (TPSA) is 82.3 Å². The van der Waals surface area contributed by atoms with Gasteiger partial charge in [-0.2, -0.15) is 4.98 Å². The minimum absolute atomic E-state index is 0.270. The summed E-state index contributed by atoms with van der Waals surface area (Å²) in [4.78, 5) is 8.23. The van der Waals surface area contributed by atoms with Crippen LogP contribution in [0.1, 0.15) is 0 Å². The van der Waals surface area contributed by atoms with Gasteiger partial charge in [0.05, 0.1) is 7.11 Å². The van der Waals surface area contributed by atoms with Crippen LogP contribution in [0.4, 0.5) is 17.2 Å². The van der Waals surface area contributed by atoms with Crippen molar-refractivity contribution in [2.24, 2.45) is 0 Å². The van der Waals surface area contributed by atoms with Crippen LogP contribution in [0.15, 0.2) is 54.9 Å². The van der Waals surface area contributed by atoms with Crippen molar-refractivity contribution < 1.29 is 9.47 Å². The Hall–Kier alpha value is -2.99. The number of nitrogens with zero attached hydrogens (tertiary/aromatic N) is 2. The summed E-state index contributed by atoms with van der Waals surface area (Å²) in [6.07, 6.45) is 1.38. The number of nitrogen functional groups attached to an aromatic ring is 1. The average Bonchev–Trinajstić information content (AvgIpc) is 2.61. The lowest BCUT2D eigenvalue weighted by Gasteiger charge is -2.12. The highest BCUT2D eigenvalue weighted by atomic mass is 35.5. The van der Waals surface area contributed by atoms with Crippen LogP contribution in [-0.2, 0) is 0 Å². The Balaban J connectivity index is 1.80. The van der Waals surface area contributed by atoms with Gasteiger partial charge in [0, 0.05) is 10.7 Å². The van der Waals surface area contributed by atoms with Gasteiger partial charge in [-0.25, -0.2) is 4.98 Å². The highest BCUT2D eigenvalue weighted by molar-refractivity contribution is 6.30. The molecule has 122 valence electrons. The quantitative estimate of drug-likeness (QED) is 0.721. The molecule has 7 heteroatoms. The maximum atomic E-state index is 6.10. The van der Waals surface area contributed by atoms with Crippen LogP contribution in [0.5, 0.6) is 17.4 Å². The number of hydrogen-bond donors (Lipinski definition) is 2. The predicted molar refractivity (Wildman–Crippen MR) is 94.2 cm³/mol. The molecule has 1 heterocycles. The van der Waals surface area contributed by atoms with Crippen molar-refractivity contribution in [2.75, 3.05) is 18.2 Å². The van der Waals surface area contributed by atoms with E-state index in [2.05, 4.69) is 15.3 Å². The molecule has 0 aliphatic rings. The predicted octanol–water partition coefficient (Wildman–Crippen LogP) is 4.26. The molecule has 0 amide bonds. The van der Waals surface area contributed by atoms with Crippen LogP contribution in [0.25, 0.3) is 0 Å². The maximum absolute atomic E-state index is 6.10. The number of benzene rings is 2. The first-order valence-electron chi connectivity index (χ1n) is 7.10. The maximum Gasteiger partial charge on any atom is 0.248 e. The lowest BCUT2D eigenvalue weighted by atomic mass is 10.3. The van der Waals surface area contributed by atoms with Crippen molar-refractivity contribution >= 4 is 28.8 Å². The molecule has 1 aromatic heterocycles. The second kappa shape index (κ2) is 7.06. The lowest BCUT2D eigenvalue weighted by Crippen LogP contribution is -2.03. The molecule has 24 heavy (non-hydrogen) atoms. The Morgan fingerprint density at radius 2 is 1.62 bits per heavy atom. The van der Waals surface area contributed by atoms with Gasteiger partial charge >= 0.3 is 0 Å². The fourth-order valence-electron chi connectivity index (χ4n) is 1.99. The Kier molecular flexibility index (Phi) is 4.67. The summed E-state index contributed by atoms with van der Waals surface area (Å²) < 4.78 is 10.8. The summed E-state index contributed by atoms with van der Waals surface area (Å²) in [5, 5.41) is 3.76. The van der Waals surface area contributed by atoms with Gasteiger partial charge < -0.3 is 20.5 Å². The summed E-state index contributed by atoms with van der Waals surface area (Å²) in [5.74, 6) is 2.06. The molecular weight excluding hydrogens is 328 g/mol. The first-order chi connectivity index (χ1) is 11.7. The number of anilines is 3. The summed E-state index contributed by atoms with van der Waals surface area (Å²) >= 11 is 5.88. The molecule has 0 fully saturated rings. The first kappa shape index (κ1) is 15.9. The van der Waals surface area contributed by atoms with Gasteiger partial charge in [-0.15, -0.1) is 0 Å². The van der Waals surface area contributed by atoms with E-state index >= 15 is 0 Å². The summed E-state index contributed by atoms with van der Waals surface area (Å²) in [6, 6.07) is 14.3. The molecular formula is C17H15ClN4O2. The van der Waals surface area contributed by atoms with Gasteiger partial charge in [0.2, 0.25) is 5.88 Å². The SMILES string of the molecule is COc1ccc(Oc2ncnc(Nc3ccc(Cl)cc3)c2N)cc1. The second-order valence-corrected chi connectivity index (χ2v) is 5.29. The lowest BCUT2D eigenvalue weighted by molar-refractivity contribution is 0.412. The fourth-order valence-corrected chi connectivity index (χ4v) is 2.11. The zero-order valence-electron chi connectivity index (χ0n) is 12.9. The molecule has 3 rings (SSSR count). The van der Waals surface area contributed by atoms with E-state index in [0.717, 1.165) is 11.4 Å². The number of rotatable bonds is 5. The van der Waals surface area contributed by atoms with Crippen LogP contribution in [0, 0.1) is 0 Å². The van der Waals surface area contributed by atoms with Gasteiger partial charge in [0.25, 0.3) is 0 Å². The zero-order valence-corrected chi connectivity index (χ0v) is 13.6. The van der Waals surface area contributed by atoms with E-state index in [9.17, 15) is 0 Å². The van der Waals surface area contributed by atoms with Crippen molar-refractivity contribution in [3.8, 4) is 17.4 Å². The zero-order chi connectivity index (χ0) is 16.9. The van der Waals surface area contributed by atoms with Crippen molar-refractivity contribution in [2.45, 2.75) is 0 Å². The number of hydrogen-bond acceptors (Lipinski definition) is 6. The number of halogens is 1. The third-order valence-corrected chi connectivity index (χ3v) is 3.48. The van der Waals surface area contributed by atoms with E-state index in [1.807, 2.05) is 12.1 Å². The minimum atomic E-state index is 0.270. The number of aromatic nitrogens is 2. The standard InChI is InChI=1S/C17H15ClN4O2/c1-23-13-6-8-14(9-7-13)24-17-15(19)16(20-10-21-17)22-12-4-2-11(18)3-5-12/h2-10H,19H2,1H3,(H,20,21,22). The van der Waals surface area contributed by atoms with E-state index in [0.29, 0.717) is 22.3 Å². The molecule has 0 saturated carbocycles. The molecule has 0 radical (unpaired) electrons. The summed E-state index contributed by atoms with van der Waals surface area (Å²) in [5.41, 5.74) is 7.22. The van der Waals surface area contributed by atoms with Crippen LogP contribution in [0.2, 0.25) is 5.02 Å². The van der Waals surface area contributed by atoms with Gasteiger partial charge in [0.1, 0.15) is 23.5 Å². The fraction of sp³-hybridized carbons (Fsp3) is 0.0588. The van der Waals surface area contributed by atoms with Gasteiger partial charge in [-0.1, -0.05) is 11.6 Å². The second-order valence-electron chi connectivity index (χ2n) is 4.85.